The molecule has 2 aromatic carbocycles. The monoisotopic (exact) mass is 421 g/mol. The standard InChI is InChI=1S/C21H28FN3O3S/c1-23-21(24-9-10-29-14-16-7-5-6-8-17(16)22)25-13-15-11-18(26-2)20(28-4)19(12-15)27-3/h5-8,11-12H,9-10,13-14H2,1-4H3,(H2,23,24,25). The van der Waals surface area contributed by atoms with Gasteiger partial charge in [0.25, 0.3) is 0 Å². The normalized spacial score (nSPS) is 11.1. The van der Waals surface area contributed by atoms with E-state index in [4.69, 9.17) is 14.2 Å². The molecule has 0 aliphatic carbocycles. The molecule has 0 fully saturated rings. The number of nitrogens with zero attached hydrogens (tertiary/aromatic N) is 1. The van der Waals surface area contributed by atoms with Crippen molar-refractivity contribution in [2.45, 2.75) is 12.3 Å². The van der Waals surface area contributed by atoms with Crippen LogP contribution in [0.4, 0.5) is 4.39 Å². The minimum Gasteiger partial charge on any atom is -0.493 e. The Bertz CT molecular complexity index is 793. The number of guanidine groups is 1. The Morgan fingerprint density at radius 2 is 1.72 bits per heavy atom. The average molecular weight is 422 g/mol. The Morgan fingerprint density at radius 3 is 2.31 bits per heavy atom. The Labute approximate surface area is 175 Å². The molecule has 0 aliphatic heterocycles. The minimum atomic E-state index is -0.157. The number of halogens is 1. The molecule has 2 aromatic rings. The fraction of sp³-hybridized carbons (Fsp3) is 0.381. The number of nitrogens with one attached hydrogen (secondary N) is 2. The van der Waals surface area contributed by atoms with E-state index >= 15 is 0 Å². The molecule has 8 heteroatoms. The number of aliphatic imine (C=N–C) groups is 1. The lowest BCUT2D eigenvalue weighted by Crippen LogP contribution is -2.37. The molecule has 0 aromatic heterocycles. The number of rotatable bonds is 10. The van der Waals surface area contributed by atoms with Crippen molar-refractivity contribution in [3.63, 3.8) is 0 Å². The lowest BCUT2D eigenvalue weighted by molar-refractivity contribution is 0.323. The van der Waals surface area contributed by atoms with Crippen molar-refractivity contribution in [1.29, 1.82) is 0 Å². The second-order valence-corrected chi connectivity index (χ2v) is 7.14. The van der Waals surface area contributed by atoms with E-state index in [1.807, 2.05) is 24.3 Å². The summed E-state index contributed by atoms with van der Waals surface area (Å²) in [5.41, 5.74) is 1.69. The third kappa shape index (κ3) is 6.74. The van der Waals surface area contributed by atoms with E-state index < -0.39 is 0 Å². The maximum Gasteiger partial charge on any atom is 0.203 e. The number of methoxy groups -OCH3 is 3. The van der Waals surface area contributed by atoms with Crippen molar-refractivity contribution in [1.82, 2.24) is 10.6 Å². The van der Waals surface area contributed by atoms with Gasteiger partial charge in [-0.2, -0.15) is 11.8 Å². The van der Waals surface area contributed by atoms with Crippen LogP contribution in [0.1, 0.15) is 11.1 Å². The van der Waals surface area contributed by atoms with E-state index in [0.717, 1.165) is 16.9 Å². The number of benzene rings is 2. The largest absolute Gasteiger partial charge is 0.493 e. The summed E-state index contributed by atoms with van der Waals surface area (Å²) >= 11 is 1.67. The highest BCUT2D eigenvalue weighted by molar-refractivity contribution is 7.98. The van der Waals surface area contributed by atoms with Gasteiger partial charge in [0.2, 0.25) is 5.75 Å². The molecule has 0 saturated heterocycles. The van der Waals surface area contributed by atoms with E-state index in [1.54, 1.807) is 46.2 Å². The first-order valence-electron chi connectivity index (χ1n) is 9.17. The molecular weight excluding hydrogens is 393 g/mol. The van der Waals surface area contributed by atoms with Crippen molar-refractivity contribution >= 4 is 17.7 Å². The highest BCUT2D eigenvalue weighted by Gasteiger charge is 2.13. The van der Waals surface area contributed by atoms with Gasteiger partial charge in [-0.1, -0.05) is 18.2 Å². The van der Waals surface area contributed by atoms with Gasteiger partial charge >= 0.3 is 0 Å². The fourth-order valence-electron chi connectivity index (χ4n) is 2.68. The summed E-state index contributed by atoms with van der Waals surface area (Å²) in [5, 5.41) is 6.52. The summed E-state index contributed by atoms with van der Waals surface area (Å²) in [6.07, 6.45) is 0. The highest BCUT2D eigenvalue weighted by Crippen LogP contribution is 2.38. The zero-order valence-corrected chi connectivity index (χ0v) is 18.1. The number of ether oxygens (including phenoxy) is 3. The SMILES string of the molecule is CN=C(NCCSCc1ccccc1F)NCc1cc(OC)c(OC)c(OC)c1. The van der Waals surface area contributed by atoms with Crippen LogP contribution in [0, 0.1) is 5.82 Å². The summed E-state index contributed by atoms with van der Waals surface area (Å²) in [5.74, 6) is 3.78. The Morgan fingerprint density at radius 1 is 1.03 bits per heavy atom. The van der Waals surface area contributed by atoms with Crippen molar-refractivity contribution in [3.8, 4) is 17.2 Å². The van der Waals surface area contributed by atoms with Crippen LogP contribution < -0.4 is 24.8 Å². The predicted molar refractivity (Wildman–Crippen MR) is 117 cm³/mol. The third-order valence-electron chi connectivity index (χ3n) is 4.16. The third-order valence-corrected chi connectivity index (χ3v) is 5.17. The van der Waals surface area contributed by atoms with Gasteiger partial charge in [0.1, 0.15) is 5.82 Å². The molecule has 2 rings (SSSR count). The molecule has 0 aliphatic rings. The van der Waals surface area contributed by atoms with Crippen LogP contribution in [-0.4, -0.2) is 46.6 Å². The maximum absolute atomic E-state index is 13.6. The van der Waals surface area contributed by atoms with Crippen LogP contribution in [0.15, 0.2) is 41.4 Å². The quantitative estimate of drug-likeness (QED) is 0.348. The van der Waals surface area contributed by atoms with Gasteiger partial charge in [-0.15, -0.1) is 0 Å². The summed E-state index contributed by atoms with van der Waals surface area (Å²) < 4.78 is 29.7. The number of hydrogen-bond acceptors (Lipinski definition) is 5. The summed E-state index contributed by atoms with van der Waals surface area (Å²) in [6, 6.07) is 10.6. The van der Waals surface area contributed by atoms with Gasteiger partial charge in [0, 0.05) is 31.6 Å². The van der Waals surface area contributed by atoms with Crippen LogP contribution in [0.3, 0.4) is 0 Å². The van der Waals surface area contributed by atoms with E-state index in [2.05, 4.69) is 15.6 Å². The van der Waals surface area contributed by atoms with Gasteiger partial charge < -0.3 is 24.8 Å². The lowest BCUT2D eigenvalue weighted by Gasteiger charge is -2.16. The minimum absolute atomic E-state index is 0.157. The van der Waals surface area contributed by atoms with Crippen molar-refractivity contribution in [2.24, 2.45) is 4.99 Å². The first-order chi connectivity index (χ1) is 14.1. The van der Waals surface area contributed by atoms with Crippen LogP contribution in [0.25, 0.3) is 0 Å². The number of hydrogen-bond donors (Lipinski definition) is 2. The van der Waals surface area contributed by atoms with Gasteiger partial charge in [-0.25, -0.2) is 4.39 Å². The Balaban J connectivity index is 1.81. The van der Waals surface area contributed by atoms with Crippen molar-refractivity contribution < 1.29 is 18.6 Å². The molecular formula is C21H28FN3O3S. The molecule has 2 N–H and O–H groups in total. The highest BCUT2D eigenvalue weighted by atomic mass is 32.2. The molecule has 0 atom stereocenters. The van der Waals surface area contributed by atoms with Crippen molar-refractivity contribution in [3.05, 3.63) is 53.3 Å². The molecule has 29 heavy (non-hydrogen) atoms. The molecule has 0 spiro atoms. The smallest absolute Gasteiger partial charge is 0.203 e. The molecule has 0 heterocycles. The molecule has 158 valence electrons. The summed E-state index contributed by atoms with van der Waals surface area (Å²) in [6.45, 7) is 1.26. The second-order valence-electron chi connectivity index (χ2n) is 6.03. The second kappa shape index (κ2) is 12.1. The van der Waals surface area contributed by atoms with Crippen LogP contribution in [0.2, 0.25) is 0 Å². The summed E-state index contributed by atoms with van der Waals surface area (Å²) in [4.78, 5) is 4.23. The Kier molecular flexibility index (Phi) is 9.43. The summed E-state index contributed by atoms with van der Waals surface area (Å²) in [7, 11) is 6.48. The molecule has 0 unspecified atom stereocenters. The van der Waals surface area contributed by atoms with Crippen LogP contribution >= 0.6 is 11.8 Å². The van der Waals surface area contributed by atoms with Crippen LogP contribution in [0.5, 0.6) is 17.2 Å². The predicted octanol–water partition coefficient (Wildman–Crippen LogP) is 3.45. The van der Waals surface area contributed by atoms with Gasteiger partial charge in [0.15, 0.2) is 17.5 Å². The van der Waals surface area contributed by atoms with E-state index in [-0.39, 0.29) is 5.82 Å². The number of thioether (sulfide) groups is 1. The van der Waals surface area contributed by atoms with E-state index in [0.29, 0.717) is 42.1 Å². The van der Waals surface area contributed by atoms with E-state index in [1.165, 1.54) is 6.07 Å². The lowest BCUT2D eigenvalue weighted by atomic mass is 10.2. The first-order valence-corrected chi connectivity index (χ1v) is 10.3. The Hall–Kier alpha value is -2.61. The van der Waals surface area contributed by atoms with Gasteiger partial charge in [0.05, 0.1) is 21.3 Å². The zero-order chi connectivity index (χ0) is 21.1. The molecule has 0 amide bonds. The van der Waals surface area contributed by atoms with Crippen molar-refractivity contribution in [2.75, 3.05) is 40.7 Å². The first kappa shape index (κ1) is 22.7. The average Bonchev–Trinajstić information content (AvgIpc) is 2.75. The van der Waals surface area contributed by atoms with Crippen LogP contribution in [-0.2, 0) is 12.3 Å². The molecule has 0 radical (unpaired) electrons. The topological polar surface area (TPSA) is 64.1 Å². The molecule has 6 nitrogen and oxygen atoms in total. The zero-order valence-electron chi connectivity index (χ0n) is 17.3. The van der Waals surface area contributed by atoms with Gasteiger partial charge in [-0.05, 0) is 29.3 Å². The van der Waals surface area contributed by atoms with Gasteiger partial charge in [-0.3, -0.25) is 4.99 Å². The molecule has 0 bridgehead atoms. The van der Waals surface area contributed by atoms with E-state index in [9.17, 15) is 4.39 Å². The fourth-order valence-corrected chi connectivity index (χ4v) is 3.53. The molecule has 0 saturated carbocycles. The maximum atomic E-state index is 13.6.